The van der Waals surface area contributed by atoms with Gasteiger partial charge < -0.3 is 15.0 Å². The second-order valence-electron chi connectivity index (χ2n) is 5.00. The second-order valence-corrected chi connectivity index (χ2v) is 7.44. The summed E-state index contributed by atoms with van der Waals surface area (Å²) in [6, 6.07) is 10.0. The van der Waals surface area contributed by atoms with E-state index < -0.39 is 5.03 Å². The summed E-state index contributed by atoms with van der Waals surface area (Å²) in [7, 11) is 1.67. The maximum atomic E-state index is 10.6. The molecule has 8 nitrogen and oxygen atoms in total. The van der Waals surface area contributed by atoms with E-state index in [1.165, 1.54) is 0 Å². The van der Waals surface area contributed by atoms with E-state index in [0.29, 0.717) is 6.42 Å². The topological polar surface area (TPSA) is 92.9 Å². The van der Waals surface area contributed by atoms with Gasteiger partial charge in [0.15, 0.2) is 9.37 Å². The molecule has 126 valence electrons. The van der Waals surface area contributed by atoms with E-state index in [9.17, 15) is 10.1 Å². The van der Waals surface area contributed by atoms with Crippen molar-refractivity contribution in [1.82, 2.24) is 15.2 Å². The molecule has 1 aliphatic rings. The Hall–Kier alpha value is -2.17. The molecule has 1 unspecified atom stereocenters. The Morgan fingerprint density at radius 1 is 1.54 bits per heavy atom. The highest BCUT2D eigenvalue weighted by Crippen LogP contribution is 2.31. The van der Waals surface area contributed by atoms with Gasteiger partial charge in [0.25, 0.3) is 5.96 Å². The molecule has 0 amide bonds. The lowest BCUT2D eigenvalue weighted by atomic mass is 10.3. The number of benzene rings is 1. The fraction of sp³-hybridized carbons (Fsp3) is 0.286. The third-order valence-corrected chi connectivity index (χ3v) is 5.27. The predicted molar refractivity (Wildman–Crippen MR) is 91.5 cm³/mol. The van der Waals surface area contributed by atoms with Gasteiger partial charge in [0.1, 0.15) is 18.1 Å². The molecule has 1 fully saturated rings. The number of ether oxygens (including phenoxy) is 1. The Balaban J connectivity index is 1.61. The van der Waals surface area contributed by atoms with Gasteiger partial charge in [0, 0.05) is 29.4 Å². The van der Waals surface area contributed by atoms with Crippen molar-refractivity contribution in [3.05, 3.63) is 51.5 Å². The lowest BCUT2D eigenvalue weighted by Crippen LogP contribution is -2.53. The van der Waals surface area contributed by atoms with Crippen LogP contribution in [-0.4, -0.2) is 40.9 Å². The van der Waals surface area contributed by atoms with Crippen molar-refractivity contribution in [2.75, 3.05) is 13.8 Å². The number of nitrogens with zero attached hydrogens (tertiary/aromatic N) is 4. The SMILES string of the molecule is CN1COC(Cc2cnc(Sc3ccccc3)s2)NC1=N[N+](=O)[O-]. The first kappa shape index (κ1) is 16.7. The minimum absolute atomic E-state index is 0.194. The van der Waals surface area contributed by atoms with Crippen molar-refractivity contribution in [2.45, 2.75) is 21.9 Å². The standard InChI is InChI=1S/C14H15N5O3S2/c1-18-9-22-12(16-13(18)17-19(20)21)7-11-8-15-14(24-11)23-10-5-3-2-4-6-10/h2-6,8,12H,7,9H2,1H3,(H,16,17). The van der Waals surface area contributed by atoms with Crippen LogP contribution >= 0.6 is 23.1 Å². The Bertz CT molecular complexity index is 737. The van der Waals surface area contributed by atoms with E-state index in [1.807, 2.05) is 36.5 Å². The van der Waals surface area contributed by atoms with Crippen LogP contribution in [0.4, 0.5) is 0 Å². The highest BCUT2D eigenvalue weighted by atomic mass is 32.2. The maximum absolute atomic E-state index is 10.6. The second kappa shape index (κ2) is 7.60. The summed E-state index contributed by atoms with van der Waals surface area (Å²) in [5, 5.41) is 16.1. The average Bonchev–Trinajstić information content (AvgIpc) is 2.98. The van der Waals surface area contributed by atoms with Gasteiger partial charge in [-0.3, -0.25) is 0 Å². The summed E-state index contributed by atoms with van der Waals surface area (Å²) in [6.07, 6.45) is 2.01. The minimum atomic E-state index is -0.720. The Labute approximate surface area is 146 Å². The van der Waals surface area contributed by atoms with Crippen LogP contribution in [0.1, 0.15) is 4.88 Å². The van der Waals surface area contributed by atoms with Crippen molar-refractivity contribution in [2.24, 2.45) is 5.10 Å². The summed E-state index contributed by atoms with van der Waals surface area (Å²) in [5.41, 5.74) is 0. The molecule has 1 aromatic heterocycles. The smallest absolute Gasteiger partial charge is 0.274 e. The number of guanidine groups is 1. The molecule has 2 aromatic rings. The van der Waals surface area contributed by atoms with Crippen LogP contribution in [-0.2, 0) is 11.2 Å². The third kappa shape index (κ3) is 4.43. The van der Waals surface area contributed by atoms with Crippen molar-refractivity contribution in [3.63, 3.8) is 0 Å². The maximum Gasteiger partial charge on any atom is 0.274 e. The van der Waals surface area contributed by atoms with Gasteiger partial charge in [-0.15, -0.1) is 11.3 Å². The lowest BCUT2D eigenvalue weighted by molar-refractivity contribution is -0.486. The number of hydrazone groups is 1. The van der Waals surface area contributed by atoms with Gasteiger partial charge in [-0.05, 0) is 12.1 Å². The van der Waals surface area contributed by atoms with Crippen molar-refractivity contribution < 1.29 is 9.77 Å². The Kier molecular flexibility index (Phi) is 5.28. The first-order valence-corrected chi connectivity index (χ1v) is 8.73. The van der Waals surface area contributed by atoms with Crippen LogP contribution in [0.25, 0.3) is 0 Å². The molecule has 0 radical (unpaired) electrons. The molecular weight excluding hydrogens is 350 g/mol. The zero-order valence-electron chi connectivity index (χ0n) is 12.8. The van der Waals surface area contributed by atoms with E-state index in [1.54, 1.807) is 35.0 Å². The quantitative estimate of drug-likeness (QED) is 0.641. The van der Waals surface area contributed by atoms with Crippen molar-refractivity contribution in [1.29, 1.82) is 0 Å². The molecular formula is C14H15N5O3S2. The minimum Gasteiger partial charge on any atom is -0.338 e. The Morgan fingerprint density at radius 3 is 3.08 bits per heavy atom. The van der Waals surface area contributed by atoms with Gasteiger partial charge in [-0.1, -0.05) is 30.0 Å². The van der Waals surface area contributed by atoms with Crippen LogP contribution in [0.5, 0.6) is 0 Å². The summed E-state index contributed by atoms with van der Waals surface area (Å²) < 4.78 is 6.56. The van der Waals surface area contributed by atoms with Gasteiger partial charge >= 0.3 is 0 Å². The van der Waals surface area contributed by atoms with E-state index in [-0.39, 0.29) is 18.9 Å². The summed E-state index contributed by atoms with van der Waals surface area (Å²) in [6.45, 7) is 0.245. The molecule has 1 aliphatic heterocycles. The number of thiazole rings is 1. The van der Waals surface area contributed by atoms with Crippen LogP contribution in [0.15, 0.2) is 50.9 Å². The van der Waals surface area contributed by atoms with Crippen molar-refractivity contribution in [3.8, 4) is 0 Å². The molecule has 0 saturated carbocycles. The Morgan fingerprint density at radius 2 is 2.33 bits per heavy atom. The molecule has 0 aliphatic carbocycles. The van der Waals surface area contributed by atoms with E-state index in [2.05, 4.69) is 15.4 Å². The average molecular weight is 365 g/mol. The number of rotatable bonds is 5. The number of aromatic nitrogens is 1. The molecule has 1 atom stereocenters. The first-order chi connectivity index (χ1) is 11.6. The van der Waals surface area contributed by atoms with Gasteiger partial charge in [0.05, 0.1) is 0 Å². The van der Waals surface area contributed by atoms with Crippen LogP contribution < -0.4 is 5.32 Å². The number of nitrogens with one attached hydrogen (secondary N) is 1. The van der Waals surface area contributed by atoms with Gasteiger partial charge in [-0.2, -0.15) is 0 Å². The highest BCUT2D eigenvalue weighted by Gasteiger charge is 2.24. The highest BCUT2D eigenvalue weighted by molar-refractivity contribution is 8.01. The van der Waals surface area contributed by atoms with Gasteiger partial charge in [0.2, 0.25) is 0 Å². The summed E-state index contributed by atoms with van der Waals surface area (Å²) in [4.78, 5) is 18.7. The molecule has 0 spiro atoms. The monoisotopic (exact) mass is 365 g/mol. The number of nitro groups is 1. The fourth-order valence-electron chi connectivity index (χ4n) is 2.05. The molecule has 2 heterocycles. The van der Waals surface area contributed by atoms with Crippen LogP contribution in [0, 0.1) is 10.1 Å². The number of hydrogen-bond donors (Lipinski definition) is 1. The van der Waals surface area contributed by atoms with E-state index >= 15 is 0 Å². The molecule has 1 saturated heterocycles. The first-order valence-electron chi connectivity index (χ1n) is 7.10. The normalized spacial score (nSPS) is 19.3. The molecule has 1 aromatic carbocycles. The van der Waals surface area contributed by atoms with Crippen LogP contribution in [0.2, 0.25) is 0 Å². The lowest BCUT2D eigenvalue weighted by Gasteiger charge is -2.31. The number of hydrogen-bond acceptors (Lipinski definition) is 6. The molecule has 24 heavy (non-hydrogen) atoms. The predicted octanol–water partition coefficient (Wildman–Crippen LogP) is 2.22. The summed E-state index contributed by atoms with van der Waals surface area (Å²) >= 11 is 3.19. The third-order valence-electron chi connectivity index (χ3n) is 3.16. The summed E-state index contributed by atoms with van der Waals surface area (Å²) in [5.74, 6) is 0.194. The largest absolute Gasteiger partial charge is 0.338 e. The van der Waals surface area contributed by atoms with Gasteiger partial charge in [-0.25, -0.2) is 15.1 Å². The zero-order valence-corrected chi connectivity index (χ0v) is 14.4. The van der Waals surface area contributed by atoms with E-state index in [4.69, 9.17) is 4.74 Å². The molecule has 3 rings (SSSR count). The molecule has 1 N–H and O–H groups in total. The molecule has 0 bridgehead atoms. The zero-order chi connectivity index (χ0) is 16.9. The molecule has 10 heteroatoms. The van der Waals surface area contributed by atoms with E-state index in [0.717, 1.165) is 14.1 Å². The fourth-order valence-corrected chi connectivity index (χ4v) is 4.10. The van der Waals surface area contributed by atoms with Crippen LogP contribution in [0.3, 0.4) is 0 Å². The van der Waals surface area contributed by atoms with Crippen molar-refractivity contribution >= 4 is 29.1 Å².